The molecule has 2 saturated heterocycles. The van der Waals surface area contributed by atoms with Gasteiger partial charge in [0.1, 0.15) is 0 Å². The maximum absolute atomic E-state index is 12.4. The first-order chi connectivity index (χ1) is 10.3. The van der Waals surface area contributed by atoms with E-state index in [1.165, 1.54) is 10.6 Å². The molecule has 1 aromatic heterocycles. The zero-order valence-electron chi connectivity index (χ0n) is 13.1. The van der Waals surface area contributed by atoms with E-state index in [0.29, 0.717) is 18.4 Å². The first-order valence-electron chi connectivity index (χ1n) is 7.65. The van der Waals surface area contributed by atoms with E-state index in [1.807, 2.05) is 28.0 Å². The molecule has 0 radical (unpaired) electrons. The number of amides is 1. The van der Waals surface area contributed by atoms with Crippen LogP contribution in [0.3, 0.4) is 0 Å². The van der Waals surface area contributed by atoms with Crippen LogP contribution in [0.5, 0.6) is 0 Å². The number of hydrogen-bond acceptors (Lipinski definition) is 5. The molecule has 4 nitrogen and oxygen atoms in total. The fourth-order valence-electron chi connectivity index (χ4n) is 2.87. The molecule has 1 aromatic rings. The van der Waals surface area contributed by atoms with Crippen LogP contribution in [0.4, 0.5) is 0 Å². The summed E-state index contributed by atoms with van der Waals surface area (Å²) in [5, 5.41) is 5.58. The lowest BCUT2D eigenvalue weighted by atomic mass is 10.2. The Morgan fingerprint density at radius 2 is 2.04 bits per heavy atom. The van der Waals surface area contributed by atoms with E-state index in [4.69, 9.17) is 0 Å². The molecule has 8 heteroatoms. The number of piperazine rings is 1. The molecule has 0 aromatic carbocycles. The highest BCUT2D eigenvalue weighted by Gasteiger charge is 2.24. The van der Waals surface area contributed by atoms with E-state index in [2.05, 4.69) is 27.7 Å². The zero-order chi connectivity index (χ0) is 14.5. The number of thioether (sulfide) groups is 1. The summed E-state index contributed by atoms with van der Waals surface area (Å²) >= 11 is 3.77. The number of carbonyl (C=O) groups excluding carboxylic acids is 1. The monoisotopic (exact) mass is 397 g/mol. The average molecular weight is 398 g/mol. The third kappa shape index (κ3) is 6.44. The maximum atomic E-state index is 12.4. The van der Waals surface area contributed by atoms with Gasteiger partial charge in [-0.2, -0.15) is 11.8 Å². The van der Waals surface area contributed by atoms with E-state index in [9.17, 15) is 4.79 Å². The molecule has 3 heterocycles. The highest BCUT2D eigenvalue weighted by molar-refractivity contribution is 7.99. The average Bonchev–Trinajstić information content (AvgIpc) is 3.02. The van der Waals surface area contributed by atoms with Gasteiger partial charge in [0.05, 0.1) is 0 Å². The smallest absolute Gasteiger partial charge is 0.224 e. The summed E-state index contributed by atoms with van der Waals surface area (Å²) in [4.78, 5) is 18.3. The van der Waals surface area contributed by atoms with Gasteiger partial charge in [-0.25, -0.2) is 0 Å². The predicted molar refractivity (Wildman–Crippen MR) is 104 cm³/mol. The third-order valence-electron chi connectivity index (χ3n) is 4.10. The van der Waals surface area contributed by atoms with Crippen LogP contribution in [-0.4, -0.2) is 66.0 Å². The van der Waals surface area contributed by atoms with Crippen LogP contribution in [0.1, 0.15) is 11.3 Å². The molecule has 0 spiro atoms. The van der Waals surface area contributed by atoms with E-state index in [1.54, 1.807) is 0 Å². The Bertz CT molecular complexity index is 448. The summed E-state index contributed by atoms with van der Waals surface area (Å²) in [6.45, 7) is 5.82. The number of nitrogens with zero attached hydrogens (tertiary/aromatic N) is 2. The number of carbonyl (C=O) groups is 1. The van der Waals surface area contributed by atoms with Crippen molar-refractivity contribution < 1.29 is 4.79 Å². The van der Waals surface area contributed by atoms with Gasteiger partial charge in [-0.1, -0.05) is 6.07 Å². The van der Waals surface area contributed by atoms with Crippen LogP contribution in [0.25, 0.3) is 0 Å². The van der Waals surface area contributed by atoms with Crippen LogP contribution in [0.15, 0.2) is 17.5 Å². The molecule has 0 saturated carbocycles. The van der Waals surface area contributed by atoms with Crippen LogP contribution in [-0.2, 0) is 11.3 Å². The lowest BCUT2D eigenvalue weighted by Gasteiger charge is -2.35. The molecule has 2 aliphatic heterocycles. The number of halogens is 2. The number of thiophene rings is 1. The molecule has 1 unspecified atom stereocenters. The Labute approximate surface area is 159 Å². The highest BCUT2D eigenvalue weighted by atomic mass is 35.5. The van der Waals surface area contributed by atoms with E-state index < -0.39 is 0 Å². The summed E-state index contributed by atoms with van der Waals surface area (Å²) in [5.41, 5.74) is 0. The quantitative estimate of drug-likeness (QED) is 0.845. The molecule has 0 aliphatic carbocycles. The first kappa shape index (κ1) is 21.1. The standard InChI is InChI=1S/C15H23N3OS2.2ClH/c19-15(10-13-12-20-9-3-16-13)18-6-4-17(5-7-18)11-14-2-1-8-21-14;;/h1-2,8,13,16H,3-7,9-12H2;2*1H. The molecule has 3 rings (SSSR count). The van der Waals surface area contributed by atoms with Gasteiger partial charge in [-0.15, -0.1) is 36.2 Å². The lowest BCUT2D eigenvalue weighted by molar-refractivity contribution is -0.133. The molecule has 132 valence electrons. The Morgan fingerprint density at radius 1 is 1.26 bits per heavy atom. The minimum Gasteiger partial charge on any atom is -0.340 e. The normalized spacial score (nSPS) is 22.1. The van der Waals surface area contributed by atoms with Crippen LogP contribution in [0, 0.1) is 0 Å². The summed E-state index contributed by atoms with van der Waals surface area (Å²) in [6.07, 6.45) is 0.665. The largest absolute Gasteiger partial charge is 0.340 e. The van der Waals surface area contributed by atoms with Gasteiger partial charge in [0.25, 0.3) is 0 Å². The second kappa shape index (κ2) is 10.8. The molecule has 1 amide bonds. The Kier molecular flexibility index (Phi) is 9.89. The number of rotatable bonds is 4. The summed E-state index contributed by atoms with van der Waals surface area (Å²) in [5.74, 6) is 2.57. The van der Waals surface area contributed by atoms with Crippen molar-refractivity contribution in [3.05, 3.63) is 22.4 Å². The second-order valence-electron chi connectivity index (χ2n) is 5.67. The summed E-state index contributed by atoms with van der Waals surface area (Å²) in [7, 11) is 0. The highest BCUT2D eigenvalue weighted by Crippen LogP contribution is 2.15. The number of hydrogen-bond donors (Lipinski definition) is 1. The van der Waals surface area contributed by atoms with Gasteiger partial charge in [0.15, 0.2) is 0 Å². The van der Waals surface area contributed by atoms with Crippen molar-refractivity contribution in [2.75, 3.05) is 44.2 Å². The van der Waals surface area contributed by atoms with Gasteiger partial charge >= 0.3 is 0 Å². The lowest BCUT2D eigenvalue weighted by Crippen LogP contribution is -2.50. The zero-order valence-corrected chi connectivity index (χ0v) is 16.4. The summed E-state index contributed by atoms with van der Waals surface area (Å²) < 4.78 is 0. The Morgan fingerprint density at radius 3 is 2.65 bits per heavy atom. The van der Waals surface area contributed by atoms with Crippen LogP contribution < -0.4 is 5.32 Å². The van der Waals surface area contributed by atoms with Gasteiger partial charge in [0.2, 0.25) is 5.91 Å². The Hall–Kier alpha value is 0.0200. The fourth-order valence-corrected chi connectivity index (χ4v) is 4.56. The van der Waals surface area contributed by atoms with E-state index in [0.717, 1.165) is 45.0 Å². The fraction of sp³-hybridized carbons (Fsp3) is 0.667. The van der Waals surface area contributed by atoms with Crippen molar-refractivity contribution in [1.29, 1.82) is 0 Å². The minimum absolute atomic E-state index is 0. The van der Waals surface area contributed by atoms with Crippen molar-refractivity contribution in [3.63, 3.8) is 0 Å². The topological polar surface area (TPSA) is 35.6 Å². The molecule has 2 aliphatic rings. The third-order valence-corrected chi connectivity index (χ3v) is 6.10. The molecule has 23 heavy (non-hydrogen) atoms. The second-order valence-corrected chi connectivity index (χ2v) is 7.85. The molecular formula is C15H25Cl2N3OS2. The minimum atomic E-state index is 0. The maximum Gasteiger partial charge on any atom is 0.224 e. The van der Waals surface area contributed by atoms with Gasteiger partial charge in [-0.05, 0) is 11.4 Å². The first-order valence-corrected chi connectivity index (χ1v) is 9.68. The van der Waals surface area contributed by atoms with Crippen molar-refractivity contribution in [2.24, 2.45) is 0 Å². The van der Waals surface area contributed by atoms with Crippen molar-refractivity contribution >= 4 is 53.8 Å². The van der Waals surface area contributed by atoms with Crippen molar-refractivity contribution in [1.82, 2.24) is 15.1 Å². The van der Waals surface area contributed by atoms with E-state index in [-0.39, 0.29) is 24.8 Å². The van der Waals surface area contributed by atoms with Crippen molar-refractivity contribution in [2.45, 2.75) is 19.0 Å². The number of nitrogens with one attached hydrogen (secondary N) is 1. The summed E-state index contributed by atoms with van der Waals surface area (Å²) in [6, 6.07) is 4.67. The molecular weight excluding hydrogens is 373 g/mol. The van der Waals surface area contributed by atoms with Crippen LogP contribution in [0.2, 0.25) is 0 Å². The molecule has 2 fully saturated rings. The Balaban J connectivity index is 0.00000132. The van der Waals surface area contributed by atoms with Gasteiger partial charge < -0.3 is 10.2 Å². The van der Waals surface area contributed by atoms with Crippen LogP contribution >= 0.6 is 47.9 Å². The van der Waals surface area contributed by atoms with Crippen molar-refractivity contribution in [3.8, 4) is 0 Å². The van der Waals surface area contributed by atoms with E-state index >= 15 is 0 Å². The SMILES string of the molecule is Cl.Cl.O=C(CC1CSCCN1)N1CCN(Cc2cccs2)CC1. The van der Waals surface area contributed by atoms with Gasteiger partial charge in [-0.3, -0.25) is 9.69 Å². The molecule has 1 atom stereocenters. The molecule has 1 N–H and O–H groups in total. The van der Waals surface area contributed by atoms with Gasteiger partial charge in [0, 0.05) is 68.1 Å². The molecule has 0 bridgehead atoms. The predicted octanol–water partition coefficient (Wildman–Crippen LogP) is 2.33.